The summed E-state index contributed by atoms with van der Waals surface area (Å²) in [6, 6.07) is 7.18. The lowest BCUT2D eigenvalue weighted by atomic mass is 10.2. The Morgan fingerprint density at radius 1 is 1.37 bits per heavy atom. The Kier molecular flexibility index (Phi) is 4.36. The van der Waals surface area contributed by atoms with Gasteiger partial charge in [0, 0.05) is 24.7 Å². The molecule has 0 unspecified atom stereocenters. The molecule has 3 atom stereocenters. The van der Waals surface area contributed by atoms with E-state index in [1.807, 2.05) is 12.1 Å². The molecule has 0 bridgehead atoms. The van der Waals surface area contributed by atoms with Crippen LogP contribution in [0.3, 0.4) is 0 Å². The average Bonchev–Trinajstić information content (AvgIpc) is 2.71. The van der Waals surface area contributed by atoms with E-state index in [0.29, 0.717) is 6.42 Å². The van der Waals surface area contributed by atoms with E-state index in [4.69, 9.17) is 9.84 Å². The molecule has 1 saturated heterocycles. The third-order valence-electron chi connectivity index (χ3n) is 2.94. The number of benzene rings is 1. The van der Waals surface area contributed by atoms with Crippen LogP contribution in [0.4, 0.5) is 11.4 Å². The van der Waals surface area contributed by atoms with E-state index in [1.165, 1.54) is 6.92 Å². The molecule has 1 aromatic carbocycles. The van der Waals surface area contributed by atoms with Crippen molar-refractivity contribution in [3.05, 3.63) is 24.3 Å². The molecule has 104 valence electrons. The molecule has 0 radical (unpaired) electrons. The maximum absolute atomic E-state index is 10.9. The minimum absolute atomic E-state index is 0.117. The van der Waals surface area contributed by atoms with Crippen LogP contribution >= 0.6 is 0 Å². The van der Waals surface area contributed by atoms with Crippen molar-refractivity contribution in [2.45, 2.75) is 31.8 Å². The van der Waals surface area contributed by atoms with E-state index in [1.54, 1.807) is 12.1 Å². The van der Waals surface area contributed by atoms with Crippen molar-refractivity contribution < 1.29 is 19.7 Å². The first kappa shape index (κ1) is 13.8. The van der Waals surface area contributed by atoms with Crippen LogP contribution < -0.4 is 10.6 Å². The highest BCUT2D eigenvalue weighted by Gasteiger charge is 2.33. The molecule has 1 heterocycles. The molecule has 0 aromatic heterocycles. The Morgan fingerprint density at radius 3 is 2.53 bits per heavy atom. The third-order valence-corrected chi connectivity index (χ3v) is 2.94. The lowest BCUT2D eigenvalue weighted by molar-refractivity contribution is -0.114. The molecule has 0 saturated carbocycles. The van der Waals surface area contributed by atoms with Crippen molar-refractivity contribution in [3.63, 3.8) is 0 Å². The summed E-state index contributed by atoms with van der Waals surface area (Å²) in [5.74, 6) is -0.117. The zero-order valence-corrected chi connectivity index (χ0v) is 10.7. The molecule has 0 spiro atoms. The fraction of sp³-hybridized carbons (Fsp3) is 0.462. The molecule has 4 N–H and O–H groups in total. The molecule has 0 aliphatic carbocycles. The molecular formula is C13H18N2O4. The third kappa shape index (κ3) is 3.66. The fourth-order valence-corrected chi connectivity index (χ4v) is 2.02. The zero-order valence-electron chi connectivity index (χ0n) is 10.7. The Bertz CT molecular complexity index is 435. The maximum Gasteiger partial charge on any atom is 0.221 e. The van der Waals surface area contributed by atoms with Gasteiger partial charge >= 0.3 is 0 Å². The molecular weight excluding hydrogens is 248 g/mol. The highest BCUT2D eigenvalue weighted by molar-refractivity contribution is 5.88. The van der Waals surface area contributed by atoms with Crippen molar-refractivity contribution in [3.8, 4) is 0 Å². The van der Waals surface area contributed by atoms with Crippen LogP contribution in [0.1, 0.15) is 13.3 Å². The topological polar surface area (TPSA) is 90.8 Å². The van der Waals surface area contributed by atoms with Gasteiger partial charge in [0.05, 0.1) is 12.7 Å². The first-order valence-electron chi connectivity index (χ1n) is 6.17. The highest BCUT2D eigenvalue weighted by atomic mass is 16.5. The number of amides is 1. The number of anilines is 2. The second kappa shape index (κ2) is 6.01. The monoisotopic (exact) mass is 266 g/mol. The lowest BCUT2D eigenvalue weighted by Crippen LogP contribution is -2.25. The summed E-state index contributed by atoms with van der Waals surface area (Å²) in [6.45, 7) is 1.26. The van der Waals surface area contributed by atoms with E-state index in [0.717, 1.165) is 11.4 Å². The summed E-state index contributed by atoms with van der Waals surface area (Å²) in [7, 11) is 0. The van der Waals surface area contributed by atoms with Crippen LogP contribution in [0.25, 0.3) is 0 Å². The summed E-state index contributed by atoms with van der Waals surface area (Å²) in [4.78, 5) is 10.9. The fourth-order valence-electron chi connectivity index (χ4n) is 2.02. The van der Waals surface area contributed by atoms with Gasteiger partial charge in [-0.1, -0.05) is 0 Å². The summed E-state index contributed by atoms with van der Waals surface area (Å²) in [5.41, 5.74) is 1.54. The molecule has 1 aromatic rings. The molecule has 1 amide bonds. The number of carbonyl (C=O) groups is 1. The minimum Gasteiger partial charge on any atom is -0.394 e. The van der Waals surface area contributed by atoms with Crippen molar-refractivity contribution in [1.82, 2.24) is 0 Å². The van der Waals surface area contributed by atoms with Gasteiger partial charge in [-0.25, -0.2) is 0 Å². The summed E-state index contributed by atoms with van der Waals surface area (Å²) >= 11 is 0. The van der Waals surface area contributed by atoms with Gasteiger partial charge in [-0.15, -0.1) is 0 Å². The summed E-state index contributed by atoms with van der Waals surface area (Å²) < 4.78 is 5.44. The van der Waals surface area contributed by atoms with Gasteiger partial charge in [-0.2, -0.15) is 0 Å². The summed E-state index contributed by atoms with van der Waals surface area (Å²) in [5, 5.41) is 24.4. The number of aliphatic hydroxyl groups excluding tert-OH is 2. The van der Waals surface area contributed by atoms with Gasteiger partial charge in [-0.3, -0.25) is 4.79 Å². The molecule has 19 heavy (non-hydrogen) atoms. The van der Waals surface area contributed by atoms with E-state index in [9.17, 15) is 9.90 Å². The highest BCUT2D eigenvalue weighted by Crippen LogP contribution is 2.23. The standard InChI is InChI=1S/C13H18N2O4/c1-8(17)14-9-2-4-10(5-3-9)15-13-6-11(18)12(7-16)19-13/h2-5,11-13,15-16,18H,6-7H2,1H3,(H,14,17)/t11-,12-,13+/m1/s1. The zero-order chi connectivity index (χ0) is 13.8. The van der Waals surface area contributed by atoms with Gasteiger partial charge in [0.15, 0.2) is 0 Å². The van der Waals surface area contributed by atoms with Crippen LogP contribution in [-0.2, 0) is 9.53 Å². The Hall–Kier alpha value is -1.63. The molecule has 2 rings (SSSR count). The van der Waals surface area contributed by atoms with Crippen LogP contribution in [0, 0.1) is 0 Å². The van der Waals surface area contributed by atoms with Crippen molar-refractivity contribution >= 4 is 17.3 Å². The summed E-state index contributed by atoms with van der Waals surface area (Å²) in [6.07, 6.45) is -1.07. The minimum atomic E-state index is -0.652. The van der Waals surface area contributed by atoms with E-state index >= 15 is 0 Å². The largest absolute Gasteiger partial charge is 0.394 e. The molecule has 1 fully saturated rings. The van der Waals surface area contributed by atoms with Crippen LogP contribution in [0.15, 0.2) is 24.3 Å². The Morgan fingerprint density at radius 2 is 2.00 bits per heavy atom. The van der Waals surface area contributed by atoms with E-state index in [-0.39, 0.29) is 18.7 Å². The van der Waals surface area contributed by atoms with Gasteiger partial charge < -0.3 is 25.6 Å². The second-order valence-electron chi connectivity index (χ2n) is 4.55. The predicted molar refractivity (Wildman–Crippen MR) is 70.7 cm³/mol. The van der Waals surface area contributed by atoms with Crippen LogP contribution in [0.5, 0.6) is 0 Å². The number of hydrogen-bond acceptors (Lipinski definition) is 5. The smallest absolute Gasteiger partial charge is 0.221 e. The molecule has 1 aliphatic rings. The number of nitrogens with one attached hydrogen (secondary N) is 2. The number of aliphatic hydroxyl groups is 2. The molecule has 6 heteroatoms. The van der Waals surface area contributed by atoms with E-state index < -0.39 is 12.2 Å². The second-order valence-corrected chi connectivity index (χ2v) is 4.55. The predicted octanol–water partition coefficient (Wildman–Crippen LogP) is 0.525. The Labute approximate surface area is 111 Å². The van der Waals surface area contributed by atoms with Gasteiger partial charge in [0.1, 0.15) is 12.3 Å². The number of carbonyl (C=O) groups excluding carboxylic acids is 1. The van der Waals surface area contributed by atoms with E-state index in [2.05, 4.69) is 10.6 Å². The average molecular weight is 266 g/mol. The number of rotatable bonds is 4. The SMILES string of the molecule is CC(=O)Nc1ccc(N[C@@H]2C[C@@H](O)[C@@H](CO)O2)cc1. The molecule has 1 aliphatic heterocycles. The van der Waals surface area contributed by atoms with Crippen molar-refractivity contribution in [2.24, 2.45) is 0 Å². The van der Waals surface area contributed by atoms with Gasteiger partial charge in [0.25, 0.3) is 0 Å². The van der Waals surface area contributed by atoms with Crippen molar-refractivity contribution in [2.75, 3.05) is 17.2 Å². The quantitative estimate of drug-likeness (QED) is 0.638. The molecule has 6 nitrogen and oxygen atoms in total. The maximum atomic E-state index is 10.9. The number of ether oxygens (including phenoxy) is 1. The number of hydrogen-bond donors (Lipinski definition) is 4. The first-order chi connectivity index (χ1) is 9.08. The van der Waals surface area contributed by atoms with Gasteiger partial charge in [-0.05, 0) is 24.3 Å². The van der Waals surface area contributed by atoms with Crippen LogP contribution in [0.2, 0.25) is 0 Å². The van der Waals surface area contributed by atoms with Crippen molar-refractivity contribution in [1.29, 1.82) is 0 Å². The lowest BCUT2D eigenvalue weighted by Gasteiger charge is -2.15. The first-order valence-corrected chi connectivity index (χ1v) is 6.17. The Balaban J connectivity index is 1.91. The van der Waals surface area contributed by atoms with Gasteiger partial charge in [0.2, 0.25) is 5.91 Å². The normalized spacial score (nSPS) is 26.2. The van der Waals surface area contributed by atoms with Crippen LogP contribution in [-0.4, -0.2) is 41.2 Å².